The van der Waals surface area contributed by atoms with Gasteiger partial charge in [0.1, 0.15) is 0 Å². The van der Waals surface area contributed by atoms with Gasteiger partial charge in [0.25, 0.3) is 0 Å². The van der Waals surface area contributed by atoms with Crippen LogP contribution < -0.4 is 0 Å². The minimum atomic E-state index is -1.83. The van der Waals surface area contributed by atoms with Gasteiger partial charge in [-0.05, 0) is 0 Å². The molecule has 0 spiro atoms. The second-order valence-electron chi connectivity index (χ2n) is 1.13. The molecule has 100 valence electrons. The van der Waals surface area contributed by atoms with Gasteiger partial charge in [-0.25, -0.2) is 19.2 Å². The normalized spacial score (nSPS) is 5.65. The van der Waals surface area contributed by atoms with E-state index in [1.807, 2.05) is 0 Å². The van der Waals surface area contributed by atoms with Crippen LogP contribution >= 0.6 is 0 Å². The van der Waals surface area contributed by atoms with Gasteiger partial charge in [0.2, 0.25) is 0 Å². The molecule has 17 heavy (non-hydrogen) atoms. The van der Waals surface area contributed by atoms with Crippen LogP contribution in [0.4, 0.5) is 19.2 Å². The van der Waals surface area contributed by atoms with E-state index in [1.54, 1.807) is 0 Å². The Balaban J connectivity index is -0.0000000369. The van der Waals surface area contributed by atoms with Crippen molar-refractivity contribution in [2.24, 2.45) is 0 Å². The molecule has 0 aliphatic heterocycles. The van der Waals surface area contributed by atoms with Gasteiger partial charge in [0, 0.05) is 21.7 Å². The van der Waals surface area contributed by atoms with Crippen LogP contribution in [-0.2, 0) is 21.7 Å². The van der Waals surface area contributed by atoms with Crippen molar-refractivity contribution >= 4 is 24.6 Å². The topological polar surface area (TPSA) is 230 Å². The van der Waals surface area contributed by atoms with Gasteiger partial charge >= 0.3 is 24.6 Å². The van der Waals surface area contributed by atoms with E-state index in [0.29, 0.717) is 0 Å². The van der Waals surface area contributed by atoms with Gasteiger partial charge in [-0.3, -0.25) is 0 Å². The van der Waals surface area contributed by atoms with Crippen molar-refractivity contribution in [3.63, 3.8) is 0 Å². The predicted octanol–water partition coefficient (Wildman–Crippen LogP) is 0.887. The SMILES string of the molecule is O=C(O)O.O=C(O)O.O=C(O)O.O=C(O)O.[Ti]. The monoisotopic (exact) mass is 296 g/mol. The molecule has 0 fully saturated rings. The number of hydrogen-bond donors (Lipinski definition) is 8. The van der Waals surface area contributed by atoms with E-state index < -0.39 is 24.6 Å². The molecule has 0 bridgehead atoms. The van der Waals surface area contributed by atoms with E-state index in [9.17, 15) is 0 Å². The zero-order valence-corrected chi connectivity index (χ0v) is 9.27. The molecular formula is C4H8O12Ti. The first kappa shape index (κ1) is 29.3. The Morgan fingerprint density at radius 1 is 0.412 bits per heavy atom. The van der Waals surface area contributed by atoms with Crippen LogP contribution in [0.5, 0.6) is 0 Å². The fraction of sp³-hybridized carbons (Fsp3) is 0. The summed E-state index contributed by atoms with van der Waals surface area (Å²) in [4.78, 5) is 34.2. The average molecular weight is 296 g/mol. The standard InChI is InChI=1S/4CH2O3.Ti/c4*2-1(3)4;/h4*(H2,2,3,4);. The summed E-state index contributed by atoms with van der Waals surface area (Å²) in [7, 11) is 0. The number of carbonyl (C=O) groups is 4. The molecule has 8 N–H and O–H groups in total. The molecule has 0 heterocycles. The molecule has 12 nitrogen and oxygen atoms in total. The van der Waals surface area contributed by atoms with Gasteiger partial charge in [0.15, 0.2) is 0 Å². The van der Waals surface area contributed by atoms with Crippen molar-refractivity contribution in [1.29, 1.82) is 0 Å². The maximum absolute atomic E-state index is 8.56. The summed E-state index contributed by atoms with van der Waals surface area (Å²) in [6.45, 7) is 0. The Morgan fingerprint density at radius 2 is 0.412 bits per heavy atom. The first-order valence-electron chi connectivity index (χ1n) is 2.61. The minimum absolute atomic E-state index is 0. The summed E-state index contributed by atoms with van der Waals surface area (Å²) in [6, 6.07) is 0. The Labute approximate surface area is 107 Å². The largest absolute Gasteiger partial charge is 0.503 e. The number of rotatable bonds is 0. The number of hydrogen-bond acceptors (Lipinski definition) is 4. The van der Waals surface area contributed by atoms with Gasteiger partial charge in [0.05, 0.1) is 0 Å². The molecule has 13 heteroatoms. The molecule has 0 rings (SSSR count). The van der Waals surface area contributed by atoms with E-state index >= 15 is 0 Å². The fourth-order valence-electron chi connectivity index (χ4n) is 0. The van der Waals surface area contributed by atoms with E-state index in [1.165, 1.54) is 0 Å². The quantitative estimate of drug-likeness (QED) is 0.291. The summed E-state index contributed by atoms with van der Waals surface area (Å²) in [5.74, 6) is 0. The minimum Gasteiger partial charge on any atom is -0.450 e. The molecule has 0 radical (unpaired) electrons. The van der Waals surface area contributed by atoms with Gasteiger partial charge in [-0.2, -0.15) is 0 Å². The van der Waals surface area contributed by atoms with Crippen molar-refractivity contribution in [1.82, 2.24) is 0 Å². The smallest absolute Gasteiger partial charge is 0.450 e. The summed E-state index contributed by atoms with van der Waals surface area (Å²) in [5.41, 5.74) is 0. The molecule has 0 saturated carbocycles. The van der Waals surface area contributed by atoms with Crippen LogP contribution in [-0.4, -0.2) is 65.5 Å². The van der Waals surface area contributed by atoms with E-state index in [-0.39, 0.29) is 21.7 Å². The first-order chi connectivity index (χ1) is 6.93. The Bertz CT molecular complexity index is 159. The summed E-state index contributed by atoms with van der Waals surface area (Å²) in [5, 5.41) is 55.8. The summed E-state index contributed by atoms with van der Waals surface area (Å²) in [6.07, 6.45) is -7.33. The van der Waals surface area contributed by atoms with Crippen molar-refractivity contribution < 1.29 is 81.7 Å². The first-order valence-corrected chi connectivity index (χ1v) is 2.61. The molecule has 0 aliphatic rings. The van der Waals surface area contributed by atoms with Crippen molar-refractivity contribution in [3.8, 4) is 0 Å². The predicted molar refractivity (Wildman–Crippen MR) is 42.6 cm³/mol. The maximum Gasteiger partial charge on any atom is 0.503 e. The van der Waals surface area contributed by atoms with E-state index in [0.717, 1.165) is 0 Å². The molecule has 0 amide bonds. The van der Waals surface area contributed by atoms with Crippen molar-refractivity contribution in [2.75, 3.05) is 0 Å². The van der Waals surface area contributed by atoms with Crippen LogP contribution in [0.15, 0.2) is 0 Å². The van der Waals surface area contributed by atoms with Crippen LogP contribution in [0, 0.1) is 0 Å². The Morgan fingerprint density at radius 3 is 0.412 bits per heavy atom. The van der Waals surface area contributed by atoms with E-state index in [4.69, 9.17) is 60.0 Å². The zero-order chi connectivity index (χ0) is 14.3. The molecule has 0 aromatic rings. The van der Waals surface area contributed by atoms with Crippen LogP contribution in [0.25, 0.3) is 0 Å². The van der Waals surface area contributed by atoms with Crippen LogP contribution in [0.3, 0.4) is 0 Å². The third kappa shape index (κ3) is 394. The third-order valence-corrected chi connectivity index (χ3v) is 0. The second kappa shape index (κ2) is 23.5. The van der Waals surface area contributed by atoms with Crippen molar-refractivity contribution in [3.05, 3.63) is 0 Å². The van der Waals surface area contributed by atoms with Gasteiger partial charge < -0.3 is 40.9 Å². The second-order valence-corrected chi connectivity index (χ2v) is 1.13. The molecule has 0 aromatic heterocycles. The molecule has 0 aliphatic carbocycles. The molecule has 0 aromatic carbocycles. The van der Waals surface area contributed by atoms with Gasteiger partial charge in [-0.15, -0.1) is 0 Å². The van der Waals surface area contributed by atoms with Crippen LogP contribution in [0.1, 0.15) is 0 Å². The fourth-order valence-corrected chi connectivity index (χ4v) is 0. The van der Waals surface area contributed by atoms with Gasteiger partial charge in [-0.1, -0.05) is 0 Å². The zero-order valence-electron chi connectivity index (χ0n) is 7.71. The summed E-state index contributed by atoms with van der Waals surface area (Å²) < 4.78 is 0. The third-order valence-electron chi connectivity index (χ3n) is 0. The molecule has 0 saturated heterocycles. The Hall–Kier alpha value is -2.21. The molecule has 0 unspecified atom stereocenters. The molecular weight excluding hydrogens is 288 g/mol. The summed E-state index contributed by atoms with van der Waals surface area (Å²) >= 11 is 0. The Kier molecular flexibility index (Phi) is 40.6. The molecule has 0 atom stereocenters. The average Bonchev–Trinajstić information content (AvgIpc) is 1.76. The van der Waals surface area contributed by atoms with Crippen molar-refractivity contribution in [2.45, 2.75) is 0 Å². The van der Waals surface area contributed by atoms with Crippen LogP contribution in [0.2, 0.25) is 0 Å². The van der Waals surface area contributed by atoms with E-state index in [2.05, 4.69) is 0 Å². The number of carboxylic acid groups (broad SMARTS) is 8. The maximum atomic E-state index is 8.56.